The number of hydrogen-bond donors (Lipinski definition) is 0. The first kappa shape index (κ1) is 21.6. The fraction of sp³-hybridized carbons (Fsp3) is 0.176. The van der Waals surface area contributed by atoms with E-state index < -0.39 is 24.2 Å². The Morgan fingerprint density at radius 2 is 1.73 bits per heavy atom. The fourth-order valence-corrected chi connectivity index (χ4v) is 2.88. The number of benzene rings is 1. The molecule has 0 fully saturated rings. The van der Waals surface area contributed by atoms with Crippen LogP contribution in [0.1, 0.15) is 16.4 Å². The van der Waals surface area contributed by atoms with Crippen molar-refractivity contribution < 1.29 is 40.4 Å². The molecule has 30 heavy (non-hydrogen) atoms. The highest BCUT2D eigenvalue weighted by molar-refractivity contribution is 8.00. The number of alkyl halides is 6. The van der Waals surface area contributed by atoms with Gasteiger partial charge >= 0.3 is 18.4 Å². The van der Waals surface area contributed by atoms with Gasteiger partial charge < -0.3 is 9.26 Å². The van der Waals surface area contributed by atoms with Crippen molar-refractivity contribution in [2.24, 2.45) is 0 Å². The number of nitrogens with zero attached hydrogens (tertiary/aromatic N) is 3. The molecule has 0 bridgehead atoms. The summed E-state index contributed by atoms with van der Waals surface area (Å²) in [4.78, 5) is 19.8. The Hall–Kier alpha value is -3.09. The SMILES string of the molecule is O=C(CSc1ccc(OC(F)(F)F)cc1)c1ccc(-c2noc(C(F)(F)F)n2)cn1. The highest BCUT2D eigenvalue weighted by Crippen LogP contribution is 2.29. The molecule has 3 aromatic rings. The molecule has 0 saturated carbocycles. The molecule has 0 saturated heterocycles. The highest BCUT2D eigenvalue weighted by atomic mass is 32.2. The minimum Gasteiger partial charge on any atom is -0.406 e. The number of aromatic nitrogens is 3. The van der Waals surface area contributed by atoms with Gasteiger partial charge in [-0.15, -0.1) is 24.9 Å². The van der Waals surface area contributed by atoms with E-state index in [0.717, 1.165) is 30.1 Å². The third-order valence-corrected chi connectivity index (χ3v) is 4.42. The maximum absolute atomic E-state index is 12.5. The van der Waals surface area contributed by atoms with Gasteiger partial charge in [-0.1, -0.05) is 5.16 Å². The maximum Gasteiger partial charge on any atom is 0.573 e. The zero-order valence-electron chi connectivity index (χ0n) is 14.5. The number of hydrogen-bond acceptors (Lipinski definition) is 7. The molecule has 0 spiro atoms. The molecule has 158 valence electrons. The molecule has 0 aliphatic carbocycles. The summed E-state index contributed by atoms with van der Waals surface area (Å²) in [7, 11) is 0. The third kappa shape index (κ3) is 5.72. The van der Waals surface area contributed by atoms with Crippen LogP contribution in [-0.2, 0) is 6.18 Å². The Balaban J connectivity index is 1.59. The monoisotopic (exact) mass is 449 g/mol. The number of ether oxygens (including phenoxy) is 1. The van der Waals surface area contributed by atoms with Gasteiger partial charge in [0.1, 0.15) is 11.4 Å². The summed E-state index contributed by atoms with van der Waals surface area (Å²) in [6.45, 7) is 0. The predicted molar refractivity (Wildman–Crippen MR) is 90.7 cm³/mol. The molecule has 13 heteroatoms. The van der Waals surface area contributed by atoms with Gasteiger partial charge in [-0.25, -0.2) is 0 Å². The van der Waals surface area contributed by atoms with E-state index in [0.29, 0.717) is 4.90 Å². The molecule has 0 N–H and O–H groups in total. The van der Waals surface area contributed by atoms with Crippen molar-refractivity contribution in [3.63, 3.8) is 0 Å². The molecule has 0 unspecified atom stereocenters. The molecule has 6 nitrogen and oxygen atoms in total. The van der Waals surface area contributed by atoms with Gasteiger partial charge in [0.25, 0.3) is 0 Å². The third-order valence-electron chi connectivity index (χ3n) is 3.40. The lowest BCUT2D eigenvalue weighted by Gasteiger charge is -2.09. The van der Waals surface area contributed by atoms with Crippen LogP contribution in [0.15, 0.2) is 52.0 Å². The van der Waals surface area contributed by atoms with Crippen molar-refractivity contribution in [2.75, 3.05) is 5.75 Å². The van der Waals surface area contributed by atoms with E-state index in [4.69, 9.17) is 0 Å². The van der Waals surface area contributed by atoms with Crippen LogP contribution >= 0.6 is 11.8 Å². The molecule has 0 aliphatic heterocycles. The largest absolute Gasteiger partial charge is 0.573 e. The molecule has 0 radical (unpaired) electrons. The summed E-state index contributed by atoms with van der Waals surface area (Å²) < 4.78 is 81.7. The topological polar surface area (TPSA) is 78.1 Å². The fourth-order valence-electron chi connectivity index (χ4n) is 2.11. The van der Waals surface area contributed by atoms with Crippen LogP contribution in [-0.4, -0.2) is 33.0 Å². The zero-order valence-corrected chi connectivity index (χ0v) is 15.3. The predicted octanol–water partition coefficient (Wildman–Crippen LogP) is 5.02. The Morgan fingerprint density at radius 1 is 1.03 bits per heavy atom. The zero-order chi connectivity index (χ0) is 21.9. The number of thioether (sulfide) groups is 1. The van der Waals surface area contributed by atoms with E-state index in [-0.39, 0.29) is 28.6 Å². The molecule has 0 amide bonds. The van der Waals surface area contributed by atoms with E-state index >= 15 is 0 Å². The molecule has 3 rings (SSSR count). The Labute approximate surface area is 168 Å². The van der Waals surface area contributed by atoms with Crippen molar-refractivity contribution in [1.29, 1.82) is 0 Å². The first-order valence-corrected chi connectivity index (χ1v) is 8.89. The van der Waals surface area contributed by atoms with E-state index in [1.165, 1.54) is 24.3 Å². The first-order chi connectivity index (χ1) is 14.0. The second-order valence-corrected chi connectivity index (χ2v) is 6.63. The van der Waals surface area contributed by atoms with Crippen LogP contribution in [0.4, 0.5) is 26.3 Å². The second-order valence-electron chi connectivity index (χ2n) is 5.58. The van der Waals surface area contributed by atoms with E-state index in [1.807, 2.05) is 0 Å². The number of pyridine rings is 1. The number of carbonyl (C=O) groups is 1. The Kier molecular flexibility index (Phi) is 6.01. The van der Waals surface area contributed by atoms with Gasteiger partial charge in [0.15, 0.2) is 5.78 Å². The number of Topliss-reactive ketones (excluding diaryl/α,β-unsaturated/α-hetero) is 1. The van der Waals surface area contributed by atoms with Crippen LogP contribution in [0, 0.1) is 0 Å². The molecule has 2 aromatic heterocycles. The lowest BCUT2D eigenvalue weighted by Crippen LogP contribution is -2.16. The first-order valence-electron chi connectivity index (χ1n) is 7.90. The lowest BCUT2D eigenvalue weighted by molar-refractivity contribution is -0.274. The van der Waals surface area contributed by atoms with Gasteiger partial charge in [-0.2, -0.15) is 18.2 Å². The maximum atomic E-state index is 12.5. The van der Waals surface area contributed by atoms with Crippen molar-refractivity contribution >= 4 is 17.5 Å². The molecule has 2 heterocycles. The number of ketones is 1. The highest BCUT2D eigenvalue weighted by Gasteiger charge is 2.38. The van der Waals surface area contributed by atoms with E-state index in [9.17, 15) is 31.1 Å². The van der Waals surface area contributed by atoms with Gasteiger partial charge in [-0.3, -0.25) is 9.78 Å². The number of rotatable bonds is 6. The normalized spacial score (nSPS) is 12.1. The second kappa shape index (κ2) is 8.34. The van der Waals surface area contributed by atoms with Gasteiger partial charge in [-0.05, 0) is 36.4 Å². The Morgan fingerprint density at radius 3 is 2.27 bits per heavy atom. The van der Waals surface area contributed by atoms with Crippen molar-refractivity contribution in [2.45, 2.75) is 17.4 Å². The Bertz CT molecular complexity index is 1020. The van der Waals surface area contributed by atoms with Gasteiger partial charge in [0.05, 0.1) is 5.75 Å². The van der Waals surface area contributed by atoms with Crippen LogP contribution < -0.4 is 4.74 Å². The molecule has 0 atom stereocenters. The van der Waals surface area contributed by atoms with Crippen LogP contribution in [0.25, 0.3) is 11.4 Å². The average molecular weight is 449 g/mol. The van der Waals surface area contributed by atoms with Gasteiger partial charge in [0, 0.05) is 16.7 Å². The van der Waals surface area contributed by atoms with Crippen molar-refractivity contribution in [3.8, 4) is 17.1 Å². The summed E-state index contributed by atoms with van der Waals surface area (Å²) >= 11 is 1.07. The van der Waals surface area contributed by atoms with Crippen molar-refractivity contribution in [3.05, 3.63) is 54.2 Å². The van der Waals surface area contributed by atoms with Crippen molar-refractivity contribution in [1.82, 2.24) is 15.1 Å². The average Bonchev–Trinajstić information content (AvgIpc) is 3.17. The number of carbonyl (C=O) groups excluding carboxylic acids is 1. The molecular weight excluding hydrogens is 440 g/mol. The van der Waals surface area contributed by atoms with Crippen LogP contribution in [0.5, 0.6) is 5.75 Å². The standard InChI is InChI=1S/C17H9F6N3O3S/c18-16(19,20)15-25-14(26-29-15)9-1-6-12(24-7-9)13(27)8-30-11-4-2-10(3-5-11)28-17(21,22)23/h1-7H,8H2. The minimum absolute atomic E-state index is 0.0443. The molecular formula is C17H9F6N3O3S. The summed E-state index contributed by atoms with van der Waals surface area (Å²) in [5.74, 6) is -2.67. The lowest BCUT2D eigenvalue weighted by atomic mass is 10.2. The van der Waals surface area contributed by atoms with Crippen LogP contribution in [0.3, 0.4) is 0 Å². The van der Waals surface area contributed by atoms with Crippen LogP contribution in [0.2, 0.25) is 0 Å². The van der Waals surface area contributed by atoms with Gasteiger partial charge in [0.2, 0.25) is 5.82 Å². The quantitative estimate of drug-likeness (QED) is 0.297. The van der Waals surface area contributed by atoms with E-state index in [1.54, 1.807) is 0 Å². The minimum atomic E-state index is -4.79. The smallest absolute Gasteiger partial charge is 0.406 e. The summed E-state index contributed by atoms with van der Waals surface area (Å²) in [6, 6.07) is 7.58. The molecule has 1 aromatic carbocycles. The number of halogens is 6. The summed E-state index contributed by atoms with van der Waals surface area (Å²) in [6.07, 6.45) is -8.44. The summed E-state index contributed by atoms with van der Waals surface area (Å²) in [5, 5.41) is 3.22. The van der Waals surface area contributed by atoms with E-state index in [2.05, 4.69) is 24.4 Å². The summed E-state index contributed by atoms with van der Waals surface area (Å²) in [5.41, 5.74) is 0.168. The molecule has 0 aliphatic rings.